The van der Waals surface area contributed by atoms with Gasteiger partial charge >= 0.3 is 0 Å². The molecule has 5 heteroatoms. The van der Waals surface area contributed by atoms with Gasteiger partial charge in [0.1, 0.15) is 0 Å². The topological polar surface area (TPSA) is 60.2 Å². The van der Waals surface area contributed by atoms with Gasteiger partial charge in [-0.25, -0.2) is 0 Å². The summed E-state index contributed by atoms with van der Waals surface area (Å²) in [6, 6.07) is 9.51. The average molecular weight is 279 g/mol. The molecule has 21 heavy (non-hydrogen) atoms. The van der Waals surface area contributed by atoms with Gasteiger partial charge in [-0.3, -0.25) is 9.20 Å². The summed E-state index contributed by atoms with van der Waals surface area (Å²) in [7, 11) is 0. The molecular weight excluding hydrogens is 270 g/mol. The van der Waals surface area contributed by atoms with Crippen molar-refractivity contribution in [3.05, 3.63) is 46.8 Å². The Morgan fingerprint density at radius 2 is 2.05 bits per heavy atom. The lowest BCUT2D eigenvalue weighted by atomic mass is 10.0. The van der Waals surface area contributed by atoms with Crippen LogP contribution in [0.2, 0.25) is 0 Å². The first-order chi connectivity index (χ1) is 10.3. The number of nitrogens with zero attached hydrogens (tertiary/aromatic N) is 1. The summed E-state index contributed by atoms with van der Waals surface area (Å²) in [5, 5.41) is 13.4. The fraction of sp³-hybridized carbons (Fsp3) is 0.0625. The quantitative estimate of drug-likeness (QED) is 0.502. The number of aromatic hydroxyl groups is 1. The highest BCUT2D eigenvalue weighted by molar-refractivity contribution is 6.14. The number of aromatic nitrogens is 1. The van der Waals surface area contributed by atoms with Crippen LogP contribution in [0.15, 0.2) is 41.3 Å². The molecule has 0 amide bonds. The minimum absolute atomic E-state index is 0.0325. The van der Waals surface area contributed by atoms with Gasteiger partial charge in [-0.05, 0) is 12.1 Å². The van der Waals surface area contributed by atoms with Gasteiger partial charge in [0.2, 0.25) is 23.9 Å². The predicted molar refractivity (Wildman–Crippen MR) is 77.7 cm³/mol. The summed E-state index contributed by atoms with van der Waals surface area (Å²) < 4.78 is 12.2. The van der Waals surface area contributed by atoms with Gasteiger partial charge in [-0.1, -0.05) is 18.2 Å². The standard InChI is InChI=1S/C16H9NO4/c18-14-12-10(6-11-15(14)21-7-20-11)9-3-1-2-8-4-5-17(13(8)9)16(12)19/h1-6,19H,7H2. The molecule has 0 saturated carbocycles. The minimum atomic E-state index is -0.339. The molecule has 1 N–H and O–H groups in total. The Balaban J connectivity index is 2.18. The van der Waals surface area contributed by atoms with E-state index in [2.05, 4.69) is 0 Å². The fourth-order valence-electron chi connectivity index (χ4n) is 3.16. The van der Waals surface area contributed by atoms with Crippen LogP contribution in [0, 0.1) is 0 Å². The molecule has 0 bridgehead atoms. The van der Waals surface area contributed by atoms with Crippen molar-refractivity contribution in [1.29, 1.82) is 0 Å². The lowest BCUT2D eigenvalue weighted by Crippen LogP contribution is -2.06. The van der Waals surface area contributed by atoms with Gasteiger partial charge in [-0.2, -0.15) is 0 Å². The molecular formula is C16H9NO4. The smallest absolute Gasteiger partial charge is 0.237 e. The summed E-state index contributed by atoms with van der Waals surface area (Å²) in [5.41, 5.74) is 0.551. The highest BCUT2D eigenvalue weighted by Crippen LogP contribution is 2.39. The second kappa shape index (κ2) is 3.38. The Hall–Kier alpha value is -2.95. The Bertz CT molecular complexity index is 1100. The zero-order chi connectivity index (χ0) is 14.1. The van der Waals surface area contributed by atoms with Crippen LogP contribution in [0.1, 0.15) is 0 Å². The number of ether oxygens (including phenoxy) is 2. The monoisotopic (exact) mass is 279 g/mol. The van der Waals surface area contributed by atoms with Crippen molar-refractivity contribution in [3.8, 4) is 17.4 Å². The molecule has 2 aromatic carbocycles. The number of fused-ring (bicyclic) bond motifs is 3. The first-order valence-electron chi connectivity index (χ1n) is 6.56. The van der Waals surface area contributed by atoms with Crippen molar-refractivity contribution >= 4 is 27.1 Å². The van der Waals surface area contributed by atoms with E-state index in [9.17, 15) is 9.90 Å². The maximum atomic E-state index is 12.6. The number of hydrogen-bond donors (Lipinski definition) is 1. The van der Waals surface area contributed by atoms with E-state index < -0.39 is 0 Å². The second-order valence-electron chi connectivity index (χ2n) is 5.11. The molecule has 102 valence electrons. The number of para-hydroxylation sites is 1. The van der Waals surface area contributed by atoms with Crippen LogP contribution in [-0.4, -0.2) is 16.3 Å². The summed E-state index contributed by atoms with van der Waals surface area (Å²) in [4.78, 5) is 12.6. The molecule has 0 fully saturated rings. The van der Waals surface area contributed by atoms with Crippen molar-refractivity contribution in [1.82, 2.24) is 4.40 Å². The van der Waals surface area contributed by atoms with E-state index in [1.807, 2.05) is 24.3 Å². The van der Waals surface area contributed by atoms with E-state index in [0.29, 0.717) is 11.1 Å². The first-order valence-corrected chi connectivity index (χ1v) is 6.56. The molecule has 3 heterocycles. The summed E-state index contributed by atoms with van der Waals surface area (Å²) in [5.74, 6) is 0.536. The molecule has 5 rings (SSSR count). The summed E-state index contributed by atoms with van der Waals surface area (Å²) in [6.45, 7) is 0.0325. The second-order valence-corrected chi connectivity index (χ2v) is 5.11. The molecule has 2 aromatic heterocycles. The van der Waals surface area contributed by atoms with E-state index in [4.69, 9.17) is 9.47 Å². The van der Waals surface area contributed by atoms with Crippen molar-refractivity contribution in [2.45, 2.75) is 0 Å². The molecule has 5 nitrogen and oxygen atoms in total. The van der Waals surface area contributed by atoms with Gasteiger partial charge in [-0.15, -0.1) is 0 Å². The average Bonchev–Trinajstić information content (AvgIpc) is 3.12. The Morgan fingerprint density at radius 1 is 1.14 bits per heavy atom. The van der Waals surface area contributed by atoms with E-state index in [1.54, 1.807) is 16.7 Å². The van der Waals surface area contributed by atoms with Gasteiger partial charge in [0, 0.05) is 22.4 Å². The van der Waals surface area contributed by atoms with Crippen LogP contribution >= 0.6 is 0 Å². The van der Waals surface area contributed by atoms with Crippen molar-refractivity contribution in [3.63, 3.8) is 0 Å². The molecule has 0 saturated heterocycles. The largest absolute Gasteiger partial charge is 0.494 e. The van der Waals surface area contributed by atoms with Crippen molar-refractivity contribution in [2.24, 2.45) is 0 Å². The Labute approximate surface area is 117 Å². The third kappa shape index (κ3) is 1.15. The van der Waals surface area contributed by atoms with Gasteiger partial charge < -0.3 is 14.6 Å². The van der Waals surface area contributed by atoms with Crippen molar-refractivity contribution < 1.29 is 14.6 Å². The van der Waals surface area contributed by atoms with E-state index in [0.717, 1.165) is 16.3 Å². The number of benzene rings is 2. The Morgan fingerprint density at radius 3 is 2.95 bits per heavy atom. The van der Waals surface area contributed by atoms with Crippen LogP contribution in [-0.2, 0) is 0 Å². The van der Waals surface area contributed by atoms with Gasteiger partial charge in [0.25, 0.3) is 0 Å². The number of hydrogen-bond acceptors (Lipinski definition) is 4. The van der Waals surface area contributed by atoms with Crippen LogP contribution < -0.4 is 14.9 Å². The lowest BCUT2D eigenvalue weighted by molar-refractivity contribution is 0.173. The maximum absolute atomic E-state index is 12.6. The number of rotatable bonds is 0. The molecule has 1 aliphatic heterocycles. The highest BCUT2D eigenvalue weighted by atomic mass is 16.7. The highest BCUT2D eigenvalue weighted by Gasteiger charge is 2.24. The van der Waals surface area contributed by atoms with E-state index in [1.165, 1.54) is 0 Å². The third-order valence-electron chi connectivity index (χ3n) is 4.07. The molecule has 0 spiro atoms. The van der Waals surface area contributed by atoms with Crippen LogP contribution in [0.25, 0.3) is 27.1 Å². The predicted octanol–water partition coefficient (Wildman–Crippen LogP) is 2.48. The molecule has 0 unspecified atom stereocenters. The van der Waals surface area contributed by atoms with Crippen LogP contribution in [0.5, 0.6) is 17.4 Å². The maximum Gasteiger partial charge on any atom is 0.237 e. The lowest BCUT2D eigenvalue weighted by Gasteiger charge is -2.09. The van der Waals surface area contributed by atoms with E-state index in [-0.39, 0.29) is 29.2 Å². The molecule has 0 aliphatic carbocycles. The zero-order valence-corrected chi connectivity index (χ0v) is 10.8. The summed E-state index contributed by atoms with van der Waals surface area (Å²) in [6.07, 6.45) is 1.76. The SMILES string of the molecule is O=c1c2c(cc3c1c(O)n1ccc4cccc3c41)OCO2. The number of pyridine rings is 1. The summed E-state index contributed by atoms with van der Waals surface area (Å²) >= 11 is 0. The zero-order valence-electron chi connectivity index (χ0n) is 10.8. The molecule has 0 radical (unpaired) electrons. The van der Waals surface area contributed by atoms with E-state index >= 15 is 0 Å². The fourth-order valence-corrected chi connectivity index (χ4v) is 3.16. The first kappa shape index (κ1) is 10.8. The van der Waals surface area contributed by atoms with Crippen LogP contribution in [0.3, 0.4) is 0 Å². The van der Waals surface area contributed by atoms with Crippen molar-refractivity contribution in [2.75, 3.05) is 6.79 Å². The van der Waals surface area contributed by atoms with Gasteiger partial charge in [0.05, 0.1) is 10.9 Å². The minimum Gasteiger partial charge on any atom is -0.494 e. The van der Waals surface area contributed by atoms with Gasteiger partial charge in [0.15, 0.2) is 5.75 Å². The molecule has 1 aliphatic rings. The normalized spacial score (nSPS) is 13.7. The molecule has 0 atom stereocenters. The third-order valence-corrected chi connectivity index (χ3v) is 4.07. The Kier molecular flexibility index (Phi) is 1.74. The van der Waals surface area contributed by atoms with Crippen LogP contribution in [0.4, 0.5) is 0 Å². The molecule has 4 aromatic rings.